The van der Waals surface area contributed by atoms with Crippen molar-refractivity contribution in [1.82, 2.24) is 5.32 Å². The van der Waals surface area contributed by atoms with Crippen LogP contribution in [0.5, 0.6) is 5.75 Å². The molecule has 0 spiro atoms. The Hall–Kier alpha value is -3.06. The normalized spacial score (nSPS) is 13.7. The van der Waals surface area contributed by atoms with Crippen LogP contribution < -0.4 is 20.7 Å². The highest BCUT2D eigenvalue weighted by Crippen LogP contribution is 2.28. The van der Waals surface area contributed by atoms with E-state index in [9.17, 15) is 14.4 Å². The lowest BCUT2D eigenvalue weighted by Crippen LogP contribution is -2.37. The van der Waals surface area contributed by atoms with Crippen molar-refractivity contribution < 1.29 is 19.1 Å². The third-order valence-corrected chi connectivity index (χ3v) is 4.81. The molecule has 1 heterocycles. The molecule has 0 saturated carbocycles. The van der Waals surface area contributed by atoms with E-state index in [1.54, 1.807) is 25.1 Å². The highest BCUT2D eigenvalue weighted by Gasteiger charge is 2.21. The number of ether oxygens (including phenoxy) is 1. The summed E-state index contributed by atoms with van der Waals surface area (Å²) in [5.74, 6) is -1.17. The second kappa shape index (κ2) is 8.96. The number of carbonyl (C=O) groups excluding carboxylic acids is 3. The molecule has 0 aromatic heterocycles. The predicted octanol–water partition coefficient (Wildman–Crippen LogP) is 3.44. The number of benzene rings is 2. The van der Waals surface area contributed by atoms with Crippen LogP contribution in [0.25, 0.3) is 0 Å². The molecule has 2 aromatic carbocycles. The zero-order valence-electron chi connectivity index (χ0n) is 16.2. The van der Waals surface area contributed by atoms with Crippen molar-refractivity contribution in [2.75, 3.05) is 17.2 Å². The molecule has 1 aliphatic heterocycles. The van der Waals surface area contributed by atoms with E-state index in [2.05, 4.69) is 16.0 Å². The molecule has 0 bridgehead atoms. The van der Waals surface area contributed by atoms with Gasteiger partial charge in [0.2, 0.25) is 5.91 Å². The summed E-state index contributed by atoms with van der Waals surface area (Å²) >= 11 is 5.95. The summed E-state index contributed by atoms with van der Waals surface area (Å²) in [6, 6.07) is 9.95. The van der Waals surface area contributed by atoms with Gasteiger partial charge in [-0.05, 0) is 49.6 Å². The third-order valence-electron chi connectivity index (χ3n) is 4.57. The van der Waals surface area contributed by atoms with Gasteiger partial charge in [-0.3, -0.25) is 14.4 Å². The van der Waals surface area contributed by atoms with Gasteiger partial charge in [0.25, 0.3) is 0 Å². The minimum Gasteiger partial charge on any atom is -0.492 e. The van der Waals surface area contributed by atoms with Crippen LogP contribution in [0.1, 0.15) is 37.4 Å². The summed E-state index contributed by atoms with van der Waals surface area (Å²) in [7, 11) is 0. The Morgan fingerprint density at radius 3 is 2.72 bits per heavy atom. The van der Waals surface area contributed by atoms with Crippen molar-refractivity contribution in [1.29, 1.82) is 0 Å². The quantitative estimate of drug-likeness (QED) is 0.652. The highest BCUT2D eigenvalue weighted by atomic mass is 35.5. The summed E-state index contributed by atoms with van der Waals surface area (Å²) in [5, 5.41) is 8.53. The number of nitrogens with one attached hydrogen (secondary N) is 3. The van der Waals surface area contributed by atoms with E-state index in [4.69, 9.17) is 16.3 Å². The molecule has 1 aliphatic rings. The fourth-order valence-electron chi connectivity index (χ4n) is 3.07. The number of aryl methyl sites for hydroxylation is 1. The van der Waals surface area contributed by atoms with Crippen LogP contribution in [0.3, 0.4) is 0 Å². The Labute approximate surface area is 173 Å². The van der Waals surface area contributed by atoms with Gasteiger partial charge < -0.3 is 20.7 Å². The zero-order valence-corrected chi connectivity index (χ0v) is 16.9. The number of amides is 3. The molecule has 3 N–H and O–H groups in total. The molecule has 152 valence electrons. The van der Waals surface area contributed by atoms with Crippen molar-refractivity contribution in [3.05, 3.63) is 52.5 Å². The Kier molecular flexibility index (Phi) is 6.39. The molecule has 3 rings (SSSR count). The lowest BCUT2D eigenvalue weighted by atomic mass is 9.98. The van der Waals surface area contributed by atoms with Gasteiger partial charge in [-0.2, -0.15) is 0 Å². The first-order chi connectivity index (χ1) is 13.9. The van der Waals surface area contributed by atoms with E-state index in [-0.39, 0.29) is 11.9 Å². The molecule has 0 fully saturated rings. The minimum absolute atomic E-state index is 0.00288. The number of hydrogen-bond acceptors (Lipinski definition) is 4. The number of hydrogen-bond donors (Lipinski definition) is 3. The molecule has 3 amide bonds. The lowest BCUT2D eigenvalue weighted by molar-refractivity contribution is -0.136. The summed E-state index contributed by atoms with van der Waals surface area (Å²) in [4.78, 5) is 36.2. The number of halogens is 1. The summed E-state index contributed by atoms with van der Waals surface area (Å²) in [6.45, 7) is 4.00. The summed E-state index contributed by atoms with van der Waals surface area (Å²) in [5.41, 5.74) is 3.01. The number of fused-ring (bicyclic) bond motifs is 1. The van der Waals surface area contributed by atoms with Gasteiger partial charge in [0, 0.05) is 23.2 Å². The van der Waals surface area contributed by atoms with Crippen LogP contribution in [0.2, 0.25) is 5.02 Å². The van der Waals surface area contributed by atoms with Crippen molar-refractivity contribution in [3.63, 3.8) is 0 Å². The molecule has 0 radical (unpaired) electrons. The van der Waals surface area contributed by atoms with Crippen LogP contribution >= 0.6 is 11.6 Å². The fourth-order valence-corrected chi connectivity index (χ4v) is 3.23. The van der Waals surface area contributed by atoms with Crippen molar-refractivity contribution in [3.8, 4) is 5.75 Å². The number of carbonyl (C=O) groups is 3. The standard InChI is InChI=1S/C21H22ClN3O4/c1-3-29-18-11-15(22)6-8-17(18)25-21(28)20(27)23-12(2)13-4-7-16-14(10-13)5-9-19(26)24-16/h4,6-8,10-12H,3,5,9H2,1-2H3,(H,23,27)(H,24,26)(H,25,28). The van der Waals surface area contributed by atoms with E-state index in [0.717, 1.165) is 16.8 Å². The van der Waals surface area contributed by atoms with Crippen LogP contribution in [0, 0.1) is 0 Å². The Bertz CT molecular complexity index is 961. The van der Waals surface area contributed by atoms with E-state index in [1.165, 1.54) is 0 Å². The maximum Gasteiger partial charge on any atom is 0.313 e. The Morgan fingerprint density at radius 1 is 1.17 bits per heavy atom. The second-order valence-corrected chi connectivity index (χ2v) is 7.12. The van der Waals surface area contributed by atoms with Gasteiger partial charge in [0.15, 0.2) is 0 Å². The van der Waals surface area contributed by atoms with Crippen LogP contribution in [-0.4, -0.2) is 24.3 Å². The predicted molar refractivity (Wildman–Crippen MR) is 111 cm³/mol. The molecule has 0 aliphatic carbocycles. The van der Waals surface area contributed by atoms with Crippen LogP contribution in [0.4, 0.5) is 11.4 Å². The van der Waals surface area contributed by atoms with E-state index >= 15 is 0 Å². The first-order valence-electron chi connectivity index (χ1n) is 9.34. The zero-order chi connectivity index (χ0) is 21.0. The molecule has 2 aromatic rings. The monoisotopic (exact) mass is 415 g/mol. The average molecular weight is 416 g/mol. The molecular formula is C21H22ClN3O4. The average Bonchev–Trinajstić information content (AvgIpc) is 2.69. The molecule has 29 heavy (non-hydrogen) atoms. The second-order valence-electron chi connectivity index (χ2n) is 6.69. The van der Waals surface area contributed by atoms with Gasteiger partial charge >= 0.3 is 11.8 Å². The largest absolute Gasteiger partial charge is 0.492 e. The van der Waals surface area contributed by atoms with Gasteiger partial charge in [0.1, 0.15) is 5.75 Å². The van der Waals surface area contributed by atoms with E-state index in [0.29, 0.717) is 35.9 Å². The lowest BCUT2D eigenvalue weighted by Gasteiger charge is -2.20. The maximum atomic E-state index is 12.4. The topological polar surface area (TPSA) is 96.5 Å². The van der Waals surface area contributed by atoms with Crippen LogP contribution in [0.15, 0.2) is 36.4 Å². The van der Waals surface area contributed by atoms with E-state index in [1.807, 2.05) is 25.1 Å². The van der Waals surface area contributed by atoms with Gasteiger partial charge in [-0.1, -0.05) is 23.7 Å². The first kappa shape index (κ1) is 20.7. The van der Waals surface area contributed by atoms with Crippen molar-refractivity contribution in [2.45, 2.75) is 32.7 Å². The summed E-state index contributed by atoms with van der Waals surface area (Å²) < 4.78 is 5.45. The smallest absolute Gasteiger partial charge is 0.313 e. The van der Waals surface area contributed by atoms with E-state index < -0.39 is 11.8 Å². The first-order valence-corrected chi connectivity index (χ1v) is 9.72. The van der Waals surface area contributed by atoms with Crippen molar-refractivity contribution in [2.24, 2.45) is 0 Å². The number of anilines is 2. The molecule has 1 unspecified atom stereocenters. The maximum absolute atomic E-state index is 12.4. The highest BCUT2D eigenvalue weighted by molar-refractivity contribution is 6.40. The van der Waals surface area contributed by atoms with Gasteiger partial charge in [-0.25, -0.2) is 0 Å². The van der Waals surface area contributed by atoms with Crippen LogP contribution in [-0.2, 0) is 20.8 Å². The fraction of sp³-hybridized carbons (Fsp3) is 0.286. The molecule has 1 atom stereocenters. The molecule has 0 saturated heterocycles. The van der Waals surface area contributed by atoms with Gasteiger partial charge in [-0.15, -0.1) is 0 Å². The van der Waals surface area contributed by atoms with Crippen molar-refractivity contribution >= 4 is 40.7 Å². The Morgan fingerprint density at radius 2 is 1.97 bits per heavy atom. The molecule has 8 heteroatoms. The minimum atomic E-state index is -0.801. The third kappa shape index (κ3) is 5.06. The molecular weight excluding hydrogens is 394 g/mol. The molecule has 7 nitrogen and oxygen atoms in total. The number of rotatable bonds is 5. The van der Waals surface area contributed by atoms with Gasteiger partial charge in [0.05, 0.1) is 18.3 Å². The Balaban J connectivity index is 1.65. The summed E-state index contributed by atoms with van der Waals surface area (Å²) in [6.07, 6.45) is 1.08. The SMILES string of the molecule is CCOc1cc(Cl)ccc1NC(=O)C(=O)NC(C)c1ccc2c(c1)CCC(=O)N2.